The van der Waals surface area contributed by atoms with Crippen molar-refractivity contribution in [1.82, 2.24) is 19.4 Å². The van der Waals surface area contributed by atoms with Gasteiger partial charge in [-0.15, -0.1) is 4.99 Å². The van der Waals surface area contributed by atoms with Crippen LogP contribution >= 0.6 is 23.2 Å². The number of carbonyl (C=O) groups excluding carboxylic acids is 1. The number of carboxylic acid groups (broad SMARTS) is 1. The smallest absolute Gasteiger partial charge is 0.434 e. The monoisotopic (exact) mass is 541 g/mol. The normalized spacial score (nSPS) is 11.5. The molecule has 4 rings (SSSR count). The Balaban J connectivity index is 1.71. The summed E-state index contributed by atoms with van der Waals surface area (Å²) in [5, 5.41) is 12.8. The third-order valence-corrected chi connectivity index (χ3v) is 6.39. The van der Waals surface area contributed by atoms with Crippen LogP contribution in [0.15, 0.2) is 65.9 Å². The molecule has 37 heavy (non-hydrogen) atoms. The summed E-state index contributed by atoms with van der Waals surface area (Å²) in [6.45, 7) is 2.15. The number of hydrogen-bond donors (Lipinski definition) is 2. The molecule has 0 aliphatic rings. The summed E-state index contributed by atoms with van der Waals surface area (Å²) in [5.41, 5.74) is 3.86. The number of rotatable bonds is 6. The number of pyridine rings is 1. The van der Waals surface area contributed by atoms with Gasteiger partial charge < -0.3 is 19.6 Å². The number of aryl methyl sites for hydroxylation is 2. The molecule has 0 fully saturated rings. The highest BCUT2D eigenvalue weighted by molar-refractivity contribution is 6.42. The van der Waals surface area contributed by atoms with Crippen LogP contribution in [0.5, 0.6) is 0 Å². The summed E-state index contributed by atoms with van der Waals surface area (Å²) in [7, 11) is 1.68. The van der Waals surface area contributed by atoms with Crippen molar-refractivity contribution < 1.29 is 19.1 Å². The summed E-state index contributed by atoms with van der Waals surface area (Å²) in [4.78, 5) is 31.9. The lowest BCUT2D eigenvalue weighted by molar-refractivity contribution is 0.0950. The Bertz CT molecular complexity index is 1580. The Labute approximate surface area is 221 Å². The number of amides is 2. The first-order chi connectivity index (χ1) is 17.6. The number of benzene rings is 2. The number of imidazole rings is 1. The van der Waals surface area contributed by atoms with Crippen LogP contribution in [0.3, 0.4) is 0 Å². The maximum atomic E-state index is 13.6. The Kier molecular flexibility index (Phi) is 7.75. The molecule has 2 aromatic heterocycles. The number of aromatic nitrogens is 3. The fourth-order valence-electron chi connectivity index (χ4n) is 3.90. The van der Waals surface area contributed by atoms with Crippen molar-refractivity contribution in [3.8, 4) is 11.1 Å². The average Bonchev–Trinajstić information content (AvgIpc) is 3.17. The SMILES string of the molecule is Cc1nc(F)ccc1-c1cc(Cn2ccn(C)c2=NC(=O)O)cc(C(=O)NCc2ccc(Cl)c(Cl)c2)c1. The highest BCUT2D eigenvalue weighted by Gasteiger charge is 2.14. The first-order valence-corrected chi connectivity index (χ1v) is 11.9. The number of halogens is 3. The first-order valence-electron chi connectivity index (χ1n) is 11.1. The van der Waals surface area contributed by atoms with Gasteiger partial charge in [-0.25, -0.2) is 9.78 Å². The Morgan fingerprint density at radius 1 is 1.05 bits per heavy atom. The van der Waals surface area contributed by atoms with Crippen molar-refractivity contribution in [3.05, 3.63) is 105 Å². The van der Waals surface area contributed by atoms with Crippen LogP contribution in [0.4, 0.5) is 9.18 Å². The van der Waals surface area contributed by atoms with Gasteiger partial charge in [0.2, 0.25) is 11.6 Å². The number of nitrogens with zero attached hydrogens (tertiary/aromatic N) is 4. The molecule has 2 heterocycles. The molecule has 0 unspecified atom stereocenters. The van der Waals surface area contributed by atoms with Crippen molar-refractivity contribution in [1.29, 1.82) is 0 Å². The van der Waals surface area contributed by atoms with E-state index in [1.165, 1.54) is 6.07 Å². The van der Waals surface area contributed by atoms with E-state index >= 15 is 0 Å². The van der Waals surface area contributed by atoms with Gasteiger partial charge >= 0.3 is 6.09 Å². The third-order valence-electron chi connectivity index (χ3n) is 5.65. The van der Waals surface area contributed by atoms with Gasteiger partial charge in [0.25, 0.3) is 5.91 Å². The van der Waals surface area contributed by atoms with E-state index in [2.05, 4.69) is 15.3 Å². The molecule has 2 N–H and O–H groups in total. The van der Waals surface area contributed by atoms with Crippen molar-refractivity contribution in [2.75, 3.05) is 0 Å². The second-order valence-electron chi connectivity index (χ2n) is 8.35. The number of nitrogens with one attached hydrogen (secondary N) is 1. The van der Waals surface area contributed by atoms with Crippen molar-refractivity contribution in [3.63, 3.8) is 0 Å². The molecular weight excluding hydrogens is 520 g/mol. The van der Waals surface area contributed by atoms with Gasteiger partial charge in [0, 0.05) is 42.8 Å². The molecule has 0 bridgehead atoms. The predicted molar refractivity (Wildman–Crippen MR) is 138 cm³/mol. The van der Waals surface area contributed by atoms with Crippen LogP contribution in [0.1, 0.15) is 27.2 Å². The van der Waals surface area contributed by atoms with Gasteiger partial charge in [-0.2, -0.15) is 4.39 Å². The van der Waals surface area contributed by atoms with Crippen molar-refractivity contribution >= 4 is 35.2 Å². The zero-order valence-electron chi connectivity index (χ0n) is 19.9. The Hall–Kier alpha value is -3.95. The first kappa shape index (κ1) is 26.1. The van der Waals surface area contributed by atoms with Gasteiger partial charge in [-0.1, -0.05) is 29.3 Å². The minimum atomic E-state index is -1.32. The average molecular weight is 542 g/mol. The van der Waals surface area contributed by atoms with Crippen molar-refractivity contribution in [2.24, 2.45) is 12.0 Å². The molecule has 2 amide bonds. The van der Waals surface area contributed by atoms with E-state index < -0.39 is 12.0 Å². The zero-order valence-corrected chi connectivity index (χ0v) is 21.4. The Morgan fingerprint density at radius 3 is 2.54 bits per heavy atom. The summed E-state index contributed by atoms with van der Waals surface area (Å²) in [6, 6.07) is 13.2. The largest absolute Gasteiger partial charge is 0.463 e. The molecule has 0 radical (unpaired) electrons. The highest BCUT2D eigenvalue weighted by atomic mass is 35.5. The molecule has 0 aliphatic carbocycles. The van der Waals surface area contributed by atoms with E-state index in [9.17, 15) is 14.0 Å². The van der Waals surface area contributed by atoms with E-state index in [0.29, 0.717) is 38.0 Å². The van der Waals surface area contributed by atoms with E-state index in [-0.39, 0.29) is 24.6 Å². The molecule has 11 heteroatoms. The van der Waals surface area contributed by atoms with Crippen LogP contribution in [-0.2, 0) is 20.1 Å². The summed E-state index contributed by atoms with van der Waals surface area (Å²) < 4.78 is 16.9. The van der Waals surface area contributed by atoms with Gasteiger partial charge in [0.15, 0.2) is 0 Å². The fraction of sp³-hybridized carbons (Fsp3) is 0.154. The molecule has 4 aromatic rings. The standard InChI is InChI=1S/C26H22Cl2FN5O3/c1-15-20(4-6-23(29)31-15)18-9-17(14-34-8-7-33(2)25(34)32-26(36)37)10-19(12-18)24(35)30-13-16-3-5-21(27)22(28)11-16/h3-12H,13-14H2,1-2H3,(H,30,35)(H,36,37). The molecule has 8 nitrogen and oxygen atoms in total. The lowest BCUT2D eigenvalue weighted by Gasteiger charge is -2.13. The van der Waals surface area contributed by atoms with Crippen LogP contribution in [0, 0.1) is 12.9 Å². The predicted octanol–water partition coefficient (Wildman–Crippen LogP) is 5.20. The van der Waals surface area contributed by atoms with Gasteiger partial charge in [-0.3, -0.25) is 4.79 Å². The van der Waals surface area contributed by atoms with Crippen LogP contribution in [0.25, 0.3) is 11.1 Å². The van der Waals surface area contributed by atoms with E-state index in [0.717, 1.165) is 5.56 Å². The quantitative estimate of drug-likeness (QED) is 0.327. The maximum Gasteiger partial charge on any atom is 0.434 e. The lowest BCUT2D eigenvalue weighted by Crippen LogP contribution is -2.26. The molecular formula is C26H22Cl2FN5O3. The molecule has 0 saturated heterocycles. The number of hydrogen-bond acceptors (Lipinski definition) is 3. The second-order valence-corrected chi connectivity index (χ2v) is 9.16. The summed E-state index contributed by atoms with van der Waals surface area (Å²) in [5.74, 6) is -0.938. The minimum absolute atomic E-state index is 0.224. The molecule has 0 aliphatic heterocycles. The number of carbonyl (C=O) groups is 2. The van der Waals surface area contributed by atoms with E-state index in [4.69, 9.17) is 28.3 Å². The van der Waals surface area contributed by atoms with Crippen LogP contribution in [-0.4, -0.2) is 31.2 Å². The topological polar surface area (TPSA) is 102 Å². The molecule has 0 spiro atoms. The summed E-state index contributed by atoms with van der Waals surface area (Å²) in [6.07, 6.45) is 2.06. The zero-order chi connectivity index (χ0) is 26.7. The molecule has 0 saturated carbocycles. The molecule has 0 atom stereocenters. The molecule has 190 valence electrons. The van der Waals surface area contributed by atoms with Crippen LogP contribution in [0.2, 0.25) is 10.0 Å². The Morgan fingerprint density at radius 2 is 1.84 bits per heavy atom. The lowest BCUT2D eigenvalue weighted by atomic mass is 9.98. The minimum Gasteiger partial charge on any atom is -0.463 e. The molecule has 2 aromatic carbocycles. The second kappa shape index (κ2) is 11.0. The van der Waals surface area contributed by atoms with Gasteiger partial charge in [0.1, 0.15) is 0 Å². The fourth-order valence-corrected chi connectivity index (χ4v) is 4.23. The maximum absolute atomic E-state index is 13.6. The highest BCUT2D eigenvalue weighted by Crippen LogP contribution is 2.26. The van der Waals surface area contributed by atoms with Crippen molar-refractivity contribution in [2.45, 2.75) is 20.0 Å². The van der Waals surface area contributed by atoms with Crippen LogP contribution < -0.4 is 10.9 Å². The summed E-state index contributed by atoms with van der Waals surface area (Å²) >= 11 is 12.0. The van der Waals surface area contributed by atoms with E-state index in [1.807, 2.05) is 6.07 Å². The van der Waals surface area contributed by atoms with Gasteiger partial charge in [0.05, 0.1) is 16.6 Å². The third kappa shape index (κ3) is 6.25. The van der Waals surface area contributed by atoms with E-state index in [1.54, 1.807) is 71.9 Å². The van der Waals surface area contributed by atoms with Gasteiger partial charge in [-0.05, 0) is 66.1 Å².